The van der Waals surface area contributed by atoms with Crippen LogP contribution in [-0.4, -0.2) is 33.4 Å². The number of fused-ring (bicyclic) bond motifs is 1. The van der Waals surface area contributed by atoms with Crippen LogP contribution < -0.4 is 15.4 Å². The monoisotopic (exact) mass is 263 g/mol. The van der Waals surface area contributed by atoms with E-state index in [1.54, 1.807) is 0 Å². The highest BCUT2D eigenvalue weighted by molar-refractivity contribution is 7.09. The molecular weight excluding hydrogens is 254 g/mol. The third kappa shape index (κ3) is 2.09. The number of carbonyl (C=O) groups is 1. The molecule has 0 saturated carbocycles. The molecule has 2 heterocycles. The second-order valence-electron chi connectivity index (χ2n) is 3.64. The summed E-state index contributed by atoms with van der Waals surface area (Å²) in [5.74, 6) is 0.398. The minimum Gasteiger partial charge on any atom is -0.477 e. The van der Waals surface area contributed by atoms with Gasteiger partial charge in [-0.05, 0) is 17.3 Å². The Labute approximate surface area is 106 Å². The zero-order chi connectivity index (χ0) is 12.4. The van der Waals surface area contributed by atoms with Crippen molar-refractivity contribution < 1.29 is 9.53 Å². The summed E-state index contributed by atoms with van der Waals surface area (Å²) in [5, 5.41) is 13.2. The summed E-state index contributed by atoms with van der Waals surface area (Å²) in [7, 11) is 0. The van der Waals surface area contributed by atoms with Gasteiger partial charge in [0, 0.05) is 11.5 Å². The Morgan fingerprint density at radius 3 is 3.22 bits per heavy atom. The Balaban J connectivity index is 1.70. The topological polar surface area (TPSA) is 89.0 Å². The number of benzene rings is 1. The number of hydrogen-bond donors (Lipinski definition) is 2. The van der Waals surface area contributed by atoms with Crippen molar-refractivity contribution in [2.45, 2.75) is 6.10 Å². The van der Waals surface area contributed by atoms with Gasteiger partial charge in [-0.15, -0.1) is 0 Å². The van der Waals surface area contributed by atoms with Crippen LogP contribution in [0.4, 0.5) is 10.8 Å². The molecule has 0 bridgehead atoms. The molecule has 7 nitrogen and oxygen atoms in total. The molecule has 1 aromatic carbocycles. The van der Waals surface area contributed by atoms with Gasteiger partial charge in [0.25, 0.3) is 5.91 Å². The van der Waals surface area contributed by atoms with E-state index in [1.807, 2.05) is 24.3 Å². The van der Waals surface area contributed by atoms with Crippen molar-refractivity contribution in [1.82, 2.24) is 14.8 Å². The minimum absolute atomic E-state index is 0.268. The van der Waals surface area contributed by atoms with Crippen LogP contribution in [0.15, 0.2) is 24.3 Å². The Morgan fingerprint density at radius 2 is 2.39 bits per heavy atom. The number of ether oxygens (including phenoxy) is 1. The first-order valence-corrected chi connectivity index (χ1v) is 6.06. The highest BCUT2D eigenvalue weighted by Crippen LogP contribution is 2.28. The van der Waals surface area contributed by atoms with Crippen LogP contribution in [0.1, 0.15) is 0 Å². The molecule has 92 valence electrons. The van der Waals surface area contributed by atoms with Crippen molar-refractivity contribution in [2.24, 2.45) is 0 Å². The van der Waals surface area contributed by atoms with E-state index in [1.165, 1.54) is 0 Å². The van der Waals surface area contributed by atoms with Crippen LogP contribution >= 0.6 is 11.5 Å². The molecular formula is C10H9N5O2S. The van der Waals surface area contributed by atoms with E-state index in [0.29, 0.717) is 17.4 Å². The predicted octanol–water partition coefficient (Wildman–Crippen LogP) is 0.745. The van der Waals surface area contributed by atoms with E-state index in [2.05, 4.69) is 25.4 Å². The number of para-hydroxylation sites is 2. The zero-order valence-corrected chi connectivity index (χ0v) is 9.98. The molecule has 0 radical (unpaired) electrons. The fraction of sp³-hybridized carbons (Fsp3) is 0.200. The molecule has 0 aliphatic carbocycles. The molecule has 18 heavy (non-hydrogen) atoms. The number of aromatic nitrogens is 3. The van der Waals surface area contributed by atoms with E-state index < -0.39 is 6.10 Å². The van der Waals surface area contributed by atoms with Gasteiger partial charge in [0.05, 0.1) is 12.2 Å². The number of anilines is 2. The van der Waals surface area contributed by atoms with E-state index in [-0.39, 0.29) is 5.91 Å². The maximum absolute atomic E-state index is 11.9. The Kier molecular flexibility index (Phi) is 2.77. The fourth-order valence-electron chi connectivity index (χ4n) is 1.63. The average Bonchev–Trinajstić information content (AvgIpc) is 2.91. The van der Waals surface area contributed by atoms with Crippen LogP contribution in [0.2, 0.25) is 0 Å². The number of nitrogens with one attached hydrogen (secondary N) is 2. The highest BCUT2D eigenvalue weighted by Gasteiger charge is 2.26. The first kappa shape index (κ1) is 10.9. The lowest BCUT2D eigenvalue weighted by Gasteiger charge is -2.25. The lowest BCUT2D eigenvalue weighted by Crippen LogP contribution is -2.41. The van der Waals surface area contributed by atoms with Gasteiger partial charge >= 0.3 is 0 Å². The van der Waals surface area contributed by atoms with Crippen molar-refractivity contribution in [2.75, 3.05) is 17.2 Å². The van der Waals surface area contributed by atoms with E-state index >= 15 is 0 Å². The number of nitrogens with zero attached hydrogens (tertiary/aromatic N) is 3. The zero-order valence-electron chi connectivity index (χ0n) is 9.16. The molecule has 0 fully saturated rings. The molecule has 2 N–H and O–H groups in total. The van der Waals surface area contributed by atoms with Gasteiger partial charge in [-0.2, -0.15) is 0 Å². The maximum atomic E-state index is 11.9. The number of amides is 1. The van der Waals surface area contributed by atoms with E-state index in [0.717, 1.165) is 17.2 Å². The molecule has 0 spiro atoms. The van der Waals surface area contributed by atoms with Crippen molar-refractivity contribution in [1.29, 1.82) is 0 Å². The lowest BCUT2D eigenvalue weighted by atomic mass is 10.2. The predicted molar refractivity (Wildman–Crippen MR) is 65.7 cm³/mol. The quantitative estimate of drug-likeness (QED) is 0.831. The summed E-state index contributed by atoms with van der Waals surface area (Å²) < 4.78 is 9.17. The van der Waals surface area contributed by atoms with Crippen molar-refractivity contribution in [3.8, 4) is 5.75 Å². The normalized spacial score (nSPS) is 17.2. The van der Waals surface area contributed by atoms with Gasteiger partial charge in [-0.1, -0.05) is 21.7 Å². The highest BCUT2D eigenvalue weighted by atomic mass is 32.1. The first-order valence-electron chi connectivity index (χ1n) is 5.28. The van der Waals surface area contributed by atoms with Crippen LogP contribution in [0.5, 0.6) is 5.75 Å². The van der Waals surface area contributed by atoms with Crippen LogP contribution in [-0.2, 0) is 4.79 Å². The summed E-state index contributed by atoms with van der Waals surface area (Å²) in [6.45, 7) is 0.412. The fourth-order valence-corrected chi connectivity index (χ4v) is 2.00. The van der Waals surface area contributed by atoms with Crippen molar-refractivity contribution in [3.63, 3.8) is 0 Å². The average molecular weight is 263 g/mol. The maximum Gasteiger partial charge on any atom is 0.269 e. The second kappa shape index (κ2) is 4.57. The molecule has 8 heteroatoms. The Hall–Kier alpha value is -2.22. The van der Waals surface area contributed by atoms with Crippen LogP contribution in [0.3, 0.4) is 0 Å². The molecule has 1 atom stereocenters. The van der Waals surface area contributed by atoms with E-state index in [4.69, 9.17) is 4.74 Å². The molecule has 1 unspecified atom stereocenters. The summed E-state index contributed by atoms with van der Waals surface area (Å²) in [5.41, 5.74) is 0.888. The first-order chi connectivity index (χ1) is 8.83. The molecule has 1 aliphatic rings. The van der Waals surface area contributed by atoms with Gasteiger partial charge in [-0.3, -0.25) is 10.1 Å². The Morgan fingerprint density at radius 1 is 1.50 bits per heavy atom. The Bertz CT molecular complexity index is 559. The van der Waals surface area contributed by atoms with E-state index in [9.17, 15) is 4.79 Å². The summed E-state index contributed by atoms with van der Waals surface area (Å²) in [6.07, 6.45) is -0.594. The number of rotatable bonds is 2. The molecule has 1 aliphatic heterocycles. The molecule has 0 saturated heterocycles. The van der Waals surface area contributed by atoms with Gasteiger partial charge in [0.15, 0.2) is 6.10 Å². The summed E-state index contributed by atoms with van der Waals surface area (Å²) in [6, 6.07) is 7.48. The number of hydrogen-bond acceptors (Lipinski definition) is 7. The SMILES string of the molecule is O=C(Nc1nnns1)C1CNc2ccccc2O1. The van der Waals surface area contributed by atoms with Crippen LogP contribution in [0, 0.1) is 0 Å². The van der Waals surface area contributed by atoms with Gasteiger partial charge < -0.3 is 10.1 Å². The lowest BCUT2D eigenvalue weighted by molar-refractivity contribution is -0.122. The van der Waals surface area contributed by atoms with Gasteiger partial charge in [0.1, 0.15) is 5.75 Å². The van der Waals surface area contributed by atoms with Crippen LogP contribution in [0.25, 0.3) is 0 Å². The summed E-state index contributed by atoms with van der Waals surface area (Å²) in [4.78, 5) is 11.9. The van der Waals surface area contributed by atoms with Gasteiger partial charge in [0.2, 0.25) is 5.13 Å². The third-order valence-corrected chi connectivity index (χ3v) is 2.97. The third-order valence-electron chi connectivity index (χ3n) is 2.46. The molecule has 1 aromatic heterocycles. The van der Waals surface area contributed by atoms with Crippen molar-refractivity contribution in [3.05, 3.63) is 24.3 Å². The van der Waals surface area contributed by atoms with Crippen molar-refractivity contribution >= 4 is 28.3 Å². The largest absolute Gasteiger partial charge is 0.477 e. The molecule has 2 aromatic rings. The minimum atomic E-state index is -0.594. The summed E-state index contributed by atoms with van der Waals surface area (Å²) >= 11 is 1.02. The van der Waals surface area contributed by atoms with Gasteiger partial charge in [-0.25, -0.2) is 0 Å². The second-order valence-corrected chi connectivity index (χ2v) is 4.37. The standard InChI is InChI=1S/C10H9N5O2S/c16-9(12-10-13-14-15-18-10)8-5-11-6-3-1-2-4-7(6)17-8/h1-4,8,11H,5H2,(H,12,13,15,16). The smallest absolute Gasteiger partial charge is 0.269 e. The molecule has 3 rings (SSSR count). The number of carbonyl (C=O) groups excluding carboxylic acids is 1. The molecule has 1 amide bonds.